The number of hydrogen-bond donors (Lipinski definition) is 1. The topological polar surface area (TPSA) is 57.6 Å². The third-order valence-corrected chi connectivity index (χ3v) is 3.57. The Balaban J connectivity index is 1.89. The lowest BCUT2D eigenvalue weighted by molar-refractivity contribution is 0.0589. The SMILES string of the molecule is O=C1c2ccccc2C(=O)N1[C@H]1CC=C(CO)C1. The van der Waals surface area contributed by atoms with Crippen molar-refractivity contribution in [2.45, 2.75) is 18.9 Å². The van der Waals surface area contributed by atoms with Gasteiger partial charge in [-0.25, -0.2) is 0 Å². The zero-order valence-electron chi connectivity index (χ0n) is 9.80. The molecule has 0 bridgehead atoms. The predicted molar refractivity (Wildman–Crippen MR) is 65.1 cm³/mol. The molecule has 1 aromatic carbocycles. The van der Waals surface area contributed by atoms with Crippen molar-refractivity contribution in [3.63, 3.8) is 0 Å². The fourth-order valence-corrected chi connectivity index (χ4v) is 2.64. The number of amides is 2. The molecule has 2 amide bonds. The Morgan fingerprint density at radius 3 is 2.28 bits per heavy atom. The first-order chi connectivity index (χ1) is 8.72. The van der Waals surface area contributed by atoms with Gasteiger partial charge in [0.1, 0.15) is 0 Å². The number of fused-ring (bicyclic) bond motifs is 1. The molecule has 1 N–H and O–H groups in total. The van der Waals surface area contributed by atoms with Gasteiger partial charge >= 0.3 is 0 Å². The lowest BCUT2D eigenvalue weighted by atomic mass is 10.1. The number of carbonyl (C=O) groups is 2. The van der Waals surface area contributed by atoms with Gasteiger partial charge in [0.25, 0.3) is 11.8 Å². The van der Waals surface area contributed by atoms with Gasteiger partial charge in [0.15, 0.2) is 0 Å². The second kappa shape index (κ2) is 4.07. The fraction of sp³-hybridized carbons (Fsp3) is 0.286. The summed E-state index contributed by atoms with van der Waals surface area (Å²) in [5.74, 6) is -0.429. The molecular formula is C14H13NO3. The van der Waals surface area contributed by atoms with Gasteiger partial charge in [0.05, 0.1) is 17.7 Å². The Bertz CT molecular complexity index is 527. The van der Waals surface area contributed by atoms with Gasteiger partial charge in [0, 0.05) is 6.04 Å². The van der Waals surface area contributed by atoms with Crippen LogP contribution in [0.1, 0.15) is 33.6 Å². The van der Waals surface area contributed by atoms with Gasteiger partial charge in [0.2, 0.25) is 0 Å². The second-order valence-corrected chi connectivity index (χ2v) is 4.64. The van der Waals surface area contributed by atoms with E-state index in [-0.39, 0.29) is 24.5 Å². The molecule has 1 atom stereocenters. The third kappa shape index (κ3) is 1.49. The summed E-state index contributed by atoms with van der Waals surface area (Å²) in [7, 11) is 0. The molecule has 1 aliphatic heterocycles. The zero-order chi connectivity index (χ0) is 12.7. The van der Waals surface area contributed by atoms with Crippen LogP contribution in [0.5, 0.6) is 0 Å². The molecule has 0 saturated carbocycles. The minimum atomic E-state index is -0.215. The van der Waals surface area contributed by atoms with Crippen LogP contribution >= 0.6 is 0 Å². The number of nitrogens with zero attached hydrogens (tertiary/aromatic N) is 1. The summed E-state index contributed by atoms with van der Waals surface area (Å²) in [6.45, 7) is -0.000328. The van der Waals surface area contributed by atoms with Crippen LogP contribution in [0.4, 0.5) is 0 Å². The first-order valence-corrected chi connectivity index (χ1v) is 5.98. The van der Waals surface area contributed by atoms with Gasteiger partial charge in [-0.05, 0) is 30.5 Å². The molecule has 1 aliphatic carbocycles. The van der Waals surface area contributed by atoms with E-state index < -0.39 is 0 Å². The van der Waals surface area contributed by atoms with Gasteiger partial charge < -0.3 is 5.11 Å². The van der Waals surface area contributed by atoms with E-state index in [2.05, 4.69) is 0 Å². The molecule has 1 aromatic rings. The number of carbonyl (C=O) groups excluding carboxylic acids is 2. The number of rotatable bonds is 2. The lowest BCUT2D eigenvalue weighted by Gasteiger charge is -2.21. The van der Waals surface area contributed by atoms with Crippen LogP contribution < -0.4 is 0 Å². The number of imide groups is 1. The van der Waals surface area contributed by atoms with Crippen LogP contribution in [0.25, 0.3) is 0 Å². The maximum absolute atomic E-state index is 12.2. The van der Waals surface area contributed by atoms with Crippen molar-refractivity contribution in [3.05, 3.63) is 47.0 Å². The molecule has 4 nitrogen and oxygen atoms in total. The smallest absolute Gasteiger partial charge is 0.261 e. The zero-order valence-corrected chi connectivity index (χ0v) is 9.80. The largest absolute Gasteiger partial charge is 0.392 e. The van der Waals surface area contributed by atoms with E-state index in [1.807, 2.05) is 6.08 Å². The average molecular weight is 243 g/mol. The first kappa shape index (κ1) is 11.2. The van der Waals surface area contributed by atoms with E-state index in [4.69, 9.17) is 5.11 Å². The highest BCUT2D eigenvalue weighted by Crippen LogP contribution is 2.31. The summed E-state index contributed by atoms with van der Waals surface area (Å²) in [5, 5.41) is 9.08. The first-order valence-electron chi connectivity index (χ1n) is 5.98. The highest BCUT2D eigenvalue weighted by Gasteiger charge is 2.40. The highest BCUT2D eigenvalue weighted by atomic mass is 16.3. The van der Waals surface area contributed by atoms with Crippen LogP contribution in [-0.4, -0.2) is 34.5 Å². The summed E-state index contributed by atoms with van der Waals surface area (Å²) in [6.07, 6.45) is 3.14. The summed E-state index contributed by atoms with van der Waals surface area (Å²) in [5.41, 5.74) is 1.87. The van der Waals surface area contributed by atoms with Crippen molar-refractivity contribution in [3.8, 4) is 0 Å². The molecule has 0 saturated heterocycles. The van der Waals surface area contributed by atoms with E-state index in [0.717, 1.165) is 5.57 Å². The number of aliphatic hydroxyl groups excluding tert-OH is 1. The molecule has 0 fully saturated rings. The quantitative estimate of drug-likeness (QED) is 0.630. The minimum absolute atomic E-state index is 0.000328. The van der Waals surface area contributed by atoms with Crippen molar-refractivity contribution in [1.82, 2.24) is 4.90 Å². The van der Waals surface area contributed by atoms with E-state index >= 15 is 0 Å². The molecular weight excluding hydrogens is 230 g/mol. The predicted octanol–water partition coefficient (Wildman–Crippen LogP) is 1.36. The van der Waals surface area contributed by atoms with Crippen LogP contribution in [0, 0.1) is 0 Å². The molecule has 4 heteroatoms. The van der Waals surface area contributed by atoms with Crippen LogP contribution in [-0.2, 0) is 0 Å². The molecule has 18 heavy (non-hydrogen) atoms. The number of hydrogen-bond acceptors (Lipinski definition) is 3. The average Bonchev–Trinajstić information content (AvgIpc) is 2.95. The normalized spacial score (nSPS) is 22.4. The van der Waals surface area contributed by atoms with E-state index in [0.29, 0.717) is 24.0 Å². The summed E-state index contributed by atoms with van der Waals surface area (Å²) in [4.78, 5) is 25.8. The molecule has 0 unspecified atom stereocenters. The Labute approximate surface area is 105 Å². The lowest BCUT2D eigenvalue weighted by Crippen LogP contribution is -2.38. The van der Waals surface area contributed by atoms with Crippen molar-refractivity contribution >= 4 is 11.8 Å². The van der Waals surface area contributed by atoms with Crippen molar-refractivity contribution in [2.75, 3.05) is 6.61 Å². The fourth-order valence-electron chi connectivity index (χ4n) is 2.64. The Morgan fingerprint density at radius 1 is 1.17 bits per heavy atom. The Hall–Kier alpha value is -1.94. The monoisotopic (exact) mass is 243 g/mol. The summed E-state index contributed by atoms with van der Waals surface area (Å²) < 4.78 is 0. The van der Waals surface area contributed by atoms with Crippen LogP contribution in [0.3, 0.4) is 0 Å². The van der Waals surface area contributed by atoms with Crippen LogP contribution in [0.15, 0.2) is 35.9 Å². The van der Waals surface area contributed by atoms with Crippen molar-refractivity contribution in [1.29, 1.82) is 0 Å². The number of aliphatic hydroxyl groups is 1. The summed E-state index contributed by atoms with van der Waals surface area (Å²) >= 11 is 0. The van der Waals surface area contributed by atoms with Gasteiger partial charge in [-0.3, -0.25) is 14.5 Å². The molecule has 3 rings (SSSR count). The van der Waals surface area contributed by atoms with E-state index in [9.17, 15) is 9.59 Å². The number of benzene rings is 1. The van der Waals surface area contributed by atoms with Crippen molar-refractivity contribution in [2.24, 2.45) is 0 Å². The molecule has 92 valence electrons. The third-order valence-electron chi connectivity index (χ3n) is 3.57. The Kier molecular flexibility index (Phi) is 2.52. The highest BCUT2D eigenvalue weighted by molar-refractivity contribution is 6.21. The maximum Gasteiger partial charge on any atom is 0.261 e. The van der Waals surface area contributed by atoms with Gasteiger partial charge in [-0.1, -0.05) is 18.2 Å². The van der Waals surface area contributed by atoms with Crippen molar-refractivity contribution < 1.29 is 14.7 Å². The molecule has 1 heterocycles. The minimum Gasteiger partial charge on any atom is -0.392 e. The van der Waals surface area contributed by atoms with Crippen LogP contribution in [0.2, 0.25) is 0 Å². The van der Waals surface area contributed by atoms with Gasteiger partial charge in [-0.15, -0.1) is 0 Å². The van der Waals surface area contributed by atoms with Gasteiger partial charge in [-0.2, -0.15) is 0 Å². The molecule has 0 radical (unpaired) electrons. The molecule has 0 aromatic heterocycles. The maximum atomic E-state index is 12.2. The standard InChI is InChI=1S/C14H13NO3/c16-8-9-5-6-10(7-9)15-13(17)11-3-1-2-4-12(11)14(15)18/h1-5,10,16H,6-8H2/t10-/m0/s1. The van der Waals surface area contributed by atoms with E-state index in [1.165, 1.54) is 4.90 Å². The Morgan fingerprint density at radius 2 is 1.78 bits per heavy atom. The molecule has 0 spiro atoms. The second-order valence-electron chi connectivity index (χ2n) is 4.64. The molecule has 2 aliphatic rings. The summed E-state index contributed by atoms with van der Waals surface area (Å²) in [6, 6.07) is 6.76. The van der Waals surface area contributed by atoms with E-state index in [1.54, 1.807) is 24.3 Å².